The van der Waals surface area contributed by atoms with Crippen LogP contribution in [0.15, 0.2) is 4.99 Å². The number of aryl methyl sites for hydroxylation is 2. The summed E-state index contributed by atoms with van der Waals surface area (Å²) in [5.74, 6) is 4.07. The first-order chi connectivity index (χ1) is 11.3. The van der Waals surface area contributed by atoms with Crippen LogP contribution in [0.1, 0.15) is 57.6 Å². The summed E-state index contributed by atoms with van der Waals surface area (Å²) in [6, 6.07) is 0.611. The first kappa shape index (κ1) is 19.5. The van der Waals surface area contributed by atoms with Crippen LogP contribution < -0.4 is 10.6 Å². The van der Waals surface area contributed by atoms with Crippen molar-refractivity contribution in [3.05, 3.63) is 11.6 Å². The third-order valence-electron chi connectivity index (χ3n) is 4.79. The molecule has 1 aromatic heterocycles. The zero-order valence-corrected chi connectivity index (χ0v) is 17.3. The second-order valence-corrected chi connectivity index (χ2v) is 6.82. The van der Waals surface area contributed by atoms with E-state index >= 15 is 0 Å². The van der Waals surface area contributed by atoms with E-state index in [9.17, 15) is 0 Å². The van der Waals surface area contributed by atoms with Crippen molar-refractivity contribution in [2.24, 2.45) is 10.9 Å². The van der Waals surface area contributed by atoms with Crippen molar-refractivity contribution in [3.8, 4) is 0 Å². The van der Waals surface area contributed by atoms with Crippen molar-refractivity contribution in [1.82, 2.24) is 25.4 Å². The van der Waals surface area contributed by atoms with Crippen LogP contribution in [-0.4, -0.2) is 39.9 Å². The minimum absolute atomic E-state index is 0. The summed E-state index contributed by atoms with van der Waals surface area (Å²) in [4.78, 5) is 4.70. The van der Waals surface area contributed by atoms with E-state index in [0.717, 1.165) is 56.6 Å². The average molecular weight is 446 g/mol. The number of fused-ring (bicyclic) bond motifs is 1. The molecular weight excluding hydrogens is 415 g/mol. The molecule has 3 rings (SSSR count). The number of aliphatic imine (C=N–C) groups is 1. The molecule has 2 unspecified atom stereocenters. The Bertz CT molecular complexity index is 541. The van der Waals surface area contributed by atoms with Gasteiger partial charge in [-0.05, 0) is 38.5 Å². The van der Waals surface area contributed by atoms with E-state index in [1.54, 1.807) is 0 Å². The van der Waals surface area contributed by atoms with E-state index in [0.29, 0.717) is 6.04 Å². The Labute approximate surface area is 162 Å². The van der Waals surface area contributed by atoms with E-state index in [1.165, 1.54) is 31.5 Å². The van der Waals surface area contributed by atoms with Crippen LogP contribution in [-0.2, 0) is 19.4 Å². The molecule has 0 bridgehead atoms. The SMILES string of the molecule is CCNC(=NCCCc1nnc2n1CCCCC2)NC1CC1C.I. The Morgan fingerprint density at radius 2 is 2.12 bits per heavy atom. The number of hydrogen-bond donors (Lipinski definition) is 2. The van der Waals surface area contributed by atoms with Gasteiger partial charge < -0.3 is 15.2 Å². The van der Waals surface area contributed by atoms with Crippen LogP contribution in [0.5, 0.6) is 0 Å². The molecule has 0 saturated heterocycles. The highest BCUT2D eigenvalue weighted by Crippen LogP contribution is 2.28. The van der Waals surface area contributed by atoms with E-state index < -0.39 is 0 Å². The molecule has 0 amide bonds. The Morgan fingerprint density at radius 3 is 2.88 bits per heavy atom. The van der Waals surface area contributed by atoms with Crippen molar-refractivity contribution in [2.75, 3.05) is 13.1 Å². The first-order valence-electron chi connectivity index (χ1n) is 9.23. The molecule has 1 aliphatic heterocycles. The molecule has 2 aliphatic rings. The van der Waals surface area contributed by atoms with Gasteiger partial charge in [0.1, 0.15) is 11.6 Å². The Hall–Kier alpha value is -0.860. The largest absolute Gasteiger partial charge is 0.357 e. The summed E-state index contributed by atoms with van der Waals surface area (Å²) in [5.41, 5.74) is 0. The third kappa shape index (κ3) is 5.32. The van der Waals surface area contributed by atoms with E-state index in [-0.39, 0.29) is 24.0 Å². The molecule has 24 heavy (non-hydrogen) atoms. The normalized spacial score (nSPS) is 23.0. The number of guanidine groups is 1. The van der Waals surface area contributed by atoms with E-state index in [1.807, 2.05) is 0 Å². The standard InChI is InChI=1S/C17H30N6.HI/c1-3-18-17(20-14-12-13(14)2)19-10-7-9-16-22-21-15-8-5-4-6-11-23(15)16;/h13-14H,3-12H2,1-2H3,(H2,18,19,20);1H. The Morgan fingerprint density at radius 1 is 1.29 bits per heavy atom. The van der Waals surface area contributed by atoms with Crippen LogP contribution in [0, 0.1) is 5.92 Å². The number of hydrogen-bond acceptors (Lipinski definition) is 3. The summed E-state index contributed by atoms with van der Waals surface area (Å²) in [6.45, 7) is 7.21. The smallest absolute Gasteiger partial charge is 0.191 e. The van der Waals surface area contributed by atoms with Gasteiger partial charge in [-0.2, -0.15) is 0 Å². The molecule has 0 spiro atoms. The lowest BCUT2D eigenvalue weighted by molar-refractivity contribution is 0.597. The van der Waals surface area contributed by atoms with Gasteiger partial charge in [0.15, 0.2) is 5.96 Å². The maximum atomic E-state index is 4.70. The van der Waals surface area contributed by atoms with Crippen LogP contribution in [0.3, 0.4) is 0 Å². The molecule has 2 atom stereocenters. The van der Waals surface area contributed by atoms with Crippen LogP contribution in [0.25, 0.3) is 0 Å². The lowest BCUT2D eigenvalue weighted by atomic mass is 10.2. The second kappa shape index (κ2) is 9.58. The van der Waals surface area contributed by atoms with Crippen molar-refractivity contribution in [2.45, 2.75) is 71.4 Å². The third-order valence-corrected chi connectivity index (χ3v) is 4.79. The lowest BCUT2D eigenvalue weighted by Crippen LogP contribution is -2.39. The Balaban J connectivity index is 0.00000208. The molecule has 6 nitrogen and oxygen atoms in total. The number of halogens is 1. The predicted molar refractivity (Wildman–Crippen MR) is 108 cm³/mol. The molecule has 1 saturated carbocycles. The van der Waals surface area contributed by atoms with Crippen molar-refractivity contribution in [3.63, 3.8) is 0 Å². The van der Waals surface area contributed by atoms with Crippen LogP contribution >= 0.6 is 24.0 Å². The van der Waals surface area contributed by atoms with Gasteiger partial charge in [0.05, 0.1) is 0 Å². The van der Waals surface area contributed by atoms with Crippen molar-refractivity contribution in [1.29, 1.82) is 0 Å². The second-order valence-electron chi connectivity index (χ2n) is 6.82. The number of nitrogens with zero attached hydrogens (tertiary/aromatic N) is 4. The number of rotatable bonds is 6. The van der Waals surface area contributed by atoms with Crippen LogP contribution in [0.2, 0.25) is 0 Å². The van der Waals surface area contributed by atoms with Gasteiger partial charge in [-0.25, -0.2) is 0 Å². The molecule has 7 heteroatoms. The predicted octanol–water partition coefficient (Wildman–Crippen LogP) is 2.52. The topological polar surface area (TPSA) is 67.1 Å². The zero-order chi connectivity index (χ0) is 16.1. The maximum absolute atomic E-state index is 4.70. The highest BCUT2D eigenvalue weighted by atomic mass is 127. The van der Waals surface area contributed by atoms with Crippen LogP contribution in [0.4, 0.5) is 0 Å². The number of nitrogens with one attached hydrogen (secondary N) is 2. The average Bonchev–Trinajstić information content (AvgIpc) is 3.18. The summed E-state index contributed by atoms with van der Waals surface area (Å²) < 4.78 is 2.34. The van der Waals surface area contributed by atoms with Crippen molar-refractivity contribution < 1.29 is 0 Å². The fourth-order valence-corrected chi connectivity index (χ4v) is 3.18. The van der Waals surface area contributed by atoms with Gasteiger partial charge >= 0.3 is 0 Å². The lowest BCUT2D eigenvalue weighted by Gasteiger charge is -2.10. The minimum Gasteiger partial charge on any atom is -0.357 e. The quantitative estimate of drug-likeness (QED) is 0.305. The molecule has 0 radical (unpaired) electrons. The monoisotopic (exact) mass is 446 g/mol. The number of aromatic nitrogens is 3. The summed E-state index contributed by atoms with van der Waals surface area (Å²) in [6.07, 6.45) is 8.15. The molecule has 2 N–H and O–H groups in total. The van der Waals surface area contributed by atoms with Gasteiger partial charge in [0.25, 0.3) is 0 Å². The molecule has 2 heterocycles. The molecule has 1 fully saturated rings. The maximum Gasteiger partial charge on any atom is 0.191 e. The summed E-state index contributed by atoms with van der Waals surface area (Å²) >= 11 is 0. The molecule has 136 valence electrons. The summed E-state index contributed by atoms with van der Waals surface area (Å²) in [7, 11) is 0. The Kier molecular flexibility index (Phi) is 7.77. The van der Waals surface area contributed by atoms with E-state index in [4.69, 9.17) is 4.99 Å². The molecule has 1 aromatic rings. The first-order valence-corrected chi connectivity index (χ1v) is 9.23. The summed E-state index contributed by atoms with van der Waals surface area (Å²) in [5, 5.41) is 15.6. The zero-order valence-electron chi connectivity index (χ0n) is 14.9. The van der Waals surface area contributed by atoms with Crippen molar-refractivity contribution >= 4 is 29.9 Å². The molecule has 1 aliphatic carbocycles. The van der Waals surface area contributed by atoms with Gasteiger partial charge in [-0.3, -0.25) is 4.99 Å². The van der Waals surface area contributed by atoms with Gasteiger partial charge in [-0.15, -0.1) is 34.2 Å². The molecular formula is C17H31IN6. The fraction of sp³-hybridized carbons (Fsp3) is 0.824. The highest BCUT2D eigenvalue weighted by Gasteiger charge is 2.33. The molecule has 0 aromatic carbocycles. The highest BCUT2D eigenvalue weighted by molar-refractivity contribution is 14.0. The fourth-order valence-electron chi connectivity index (χ4n) is 3.18. The van der Waals surface area contributed by atoms with Gasteiger partial charge in [0, 0.05) is 38.5 Å². The van der Waals surface area contributed by atoms with E-state index in [2.05, 4.69) is 39.2 Å². The minimum atomic E-state index is 0. The van der Waals surface area contributed by atoms with Gasteiger partial charge in [-0.1, -0.05) is 13.3 Å². The van der Waals surface area contributed by atoms with Gasteiger partial charge in [0.2, 0.25) is 0 Å².